The smallest absolute Gasteiger partial charge is 0.163 e. The number of hydrogen-bond donors (Lipinski definition) is 2. The van der Waals surface area contributed by atoms with Crippen molar-refractivity contribution in [3.05, 3.63) is 66.7 Å². The Morgan fingerprint density at radius 3 is 1.95 bits per heavy atom. The molecular formula is C16H14N4. The van der Waals surface area contributed by atoms with Gasteiger partial charge in [-0.3, -0.25) is 0 Å². The van der Waals surface area contributed by atoms with Crippen LogP contribution in [0.1, 0.15) is 0 Å². The summed E-state index contributed by atoms with van der Waals surface area (Å²) in [6.07, 6.45) is 0. The summed E-state index contributed by atoms with van der Waals surface area (Å²) in [5, 5.41) is 8.38. The van der Waals surface area contributed by atoms with Gasteiger partial charge in [0.05, 0.1) is 0 Å². The van der Waals surface area contributed by atoms with Crippen molar-refractivity contribution in [1.29, 1.82) is 0 Å². The van der Waals surface area contributed by atoms with Gasteiger partial charge in [-0.2, -0.15) is 0 Å². The fraction of sp³-hybridized carbons (Fsp3) is 0. The van der Waals surface area contributed by atoms with E-state index in [4.69, 9.17) is 5.84 Å². The van der Waals surface area contributed by atoms with E-state index in [1.807, 2.05) is 66.7 Å². The van der Waals surface area contributed by atoms with Crippen molar-refractivity contribution >= 4 is 5.82 Å². The molecule has 3 N–H and O–H groups in total. The van der Waals surface area contributed by atoms with Gasteiger partial charge >= 0.3 is 0 Å². The molecule has 3 aromatic rings. The highest BCUT2D eigenvalue weighted by molar-refractivity contribution is 5.81. The Morgan fingerprint density at radius 1 is 0.750 bits per heavy atom. The first-order valence-electron chi connectivity index (χ1n) is 6.33. The lowest BCUT2D eigenvalue weighted by Gasteiger charge is -2.10. The van der Waals surface area contributed by atoms with Crippen molar-refractivity contribution in [2.75, 3.05) is 5.43 Å². The number of benzene rings is 2. The summed E-state index contributed by atoms with van der Waals surface area (Å²) in [7, 11) is 0. The molecule has 0 fully saturated rings. The van der Waals surface area contributed by atoms with Gasteiger partial charge in [0.1, 0.15) is 5.69 Å². The summed E-state index contributed by atoms with van der Waals surface area (Å²) in [5.41, 5.74) is 6.50. The predicted octanol–water partition coefficient (Wildman–Crippen LogP) is 3.10. The first-order chi connectivity index (χ1) is 9.88. The molecule has 4 nitrogen and oxygen atoms in total. The Kier molecular flexibility index (Phi) is 3.39. The predicted molar refractivity (Wildman–Crippen MR) is 80.7 cm³/mol. The lowest BCUT2D eigenvalue weighted by Crippen LogP contribution is -2.09. The van der Waals surface area contributed by atoms with Crippen molar-refractivity contribution in [2.24, 2.45) is 5.84 Å². The molecule has 0 amide bonds. The summed E-state index contributed by atoms with van der Waals surface area (Å²) >= 11 is 0. The van der Waals surface area contributed by atoms with Gasteiger partial charge in [-0.15, -0.1) is 10.2 Å². The summed E-state index contributed by atoms with van der Waals surface area (Å²) in [6.45, 7) is 0. The molecule has 1 aromatic heterocycles. The zero-order chi connectivity index (χ0) is 13.8. The minimum absolute atomic E-state index is 0.545. The van der Waals surface area contributed by atoms with Gasteiger partial charge in [0.2, 0.25) is 0 Å². The zero-order valence-corrected chi connectivity index (χ0v) is 10.8. The number of hydrogen-bond acceptors (Lipinski definition) is 4. The molecule has 2 aromatic carbocycles. The highest BCUT2D eigenvalue weighted by Crippen LogP contribution is 2.30. The van der Waals surface area contributed by atoms with Crippen molar-refractivity contribution < 1.29 is 0 Å². The van der Waals surface area contributed by atoms with Crippen LogP contribution in [0.15, 0.2) is 66.7 Å². The number of rotatable bonds is 3. The Balaban J connectivity index is 2.20. The zero-order valence-electron chi connectivity index (χ0n) is 10.8. The van der Waals surface area contributed by atoms with Crippen molar-refractivity contribution in [1.82, 2.24) is 10.2 Å². The molecule has 0 radical (unpaired) electrons. The molecule has 20 heavy (non-hydrogen) atoms. The normalized spacial score (nSPS) is 10.2. The number of aromatic nitrogens is 2. The van der Waals surface area contributed by atoms with Crippen LogP contribution in [-0.4, -0.2) is 10.2 Å². The van der Waals surface area contributed by atoms with Crippen LogP contribution in [0.2, 0.25) is 0 Å². The standard InChI is InChI=1S/C16H14N4/c17-18-15-11-14(12-7-3-1-4-8-12)16(20-19-15)13-9-5-2-6-10-13/h1-11H,17H2,(H,18,19). The van der Waals surface area contributed by atoms with E-state index in [0.717, 1.165) is 22.4 Å². The summed E-state index contributed by atoms with van der Waals surface area (Å²) < 4.78 is 0. The van der Waals surface area contributed by atoms with Crippen molar-refractivity contribution in [3.63, 3.8) is 0 Å². The van der Waals surface area contributed by atoms with Crippen LogP contribution in [0.25, 0.3) is 22.4 Å². The molecule has 0 aliphatic heterocycles. The van der Waals surface area contributed by atoms with E-state index < -0.39 is 0 Å². The second-order valence-corrected chi connectivity index (χ2v) is 4.37. The maximum absolute atomic E-state index is 5.43. The second kappa shape index (κ2) is 5.50. The third kappa shape index (κ3) is 2.37. The molecule has 0 saturated heterocycles. The monoisotopic (exact) mass is 262 g/mol. The Labute approximate surface area is 117 Å². The van der Waals surface area contributed by atoms with Gasteiger partial charge in [-0.25, -0.2) is 5.84 Å². The number of nitrogens with zero attached hydrogens (tertiary/aromatic N) is 2. The van der Waals surface area contributed by atoms with E-state index in [1.54, 1.807) is 0 Å². The highest BCUT2D eigenvalue weighted by Gasteiger charge is 2.10. The van der Waals surface area contributed by atoms with E-state index in [0.29, 0.717) is 5.82 Å². The van der Waals surface area contributed by atoms with Gasteiger partial charge in [0, 0.05) is 11.1 Å². The highest BCUT2D eigenvalue weighted by atomic mass is 15.3. The van der Waals surface area contributed by atoms with Crippen molar-refractivity contribution in [2.45, 2.75) is 0 Å². The maximum atomic E-state index is 5.43. The number of nitrogens with one attached hydrogen (secondary N) is 1. The quantitative estimate of drug-likeness (QED) is 0.562. The molecule has 98 valence electrons. The molecule has 0 bridgehead atoms. The van der Waals surface area contributed by atoms with E-state index in [1.165, 1.54) is 0 Å². The Bertz CT molecular complexity index is 696. The number of nitrogens with two attached hydrogens (primary N) is 1. The van der Waals surface area contributed by atoms with Crippen molar-refractivity contribution in [3.8, 4) is 22.4 Å². The SMILES string of the molecule is NNc1cc(-c2ccccc2)c(-c2ccccc2)nn1. The third-order valence-electron chi connectivity index (χ3n) is 3.07. The molecule has 3 rings (SSSR count). The number of anilines is 1. The van der Waals surface area contributed by atoms with E-state index >= 15 is 0 Å². The summed E-state index contributed by atoms with van der Waals surface area (Å²) in [6, 6.07) is 22.0. The topological polar surface area (TPSA) is 63.8 Å². The minimum Gasteiger partial charge on any atom is -0.307 e. The number of nitrogen functional groups attached to an aromatic ring is 1. The summed E-state index contributed by atoms with van der Waals surface area (Å²) in [4.78, 5) is 0. The number of hydrazine groups is 1. The molecular weight excluding hydrogens is 248 g/mol. The second-order valence-electron chi connectivity index (χ2n) is 4.37. The third-order valence-corrected chi connectivity index (χ3v) is 3.07. The first kappa shape index (κ1) is 12.3. The average Bonchev–Trinajstić information content (AvgIpc) is 2.56. The lowest BCUT2D eigenvalue weighted by molar-refractivity contribution is 1.03. The van der Waals surface area contributed by atoms with E-state index in [-0.39, 0.29) is 0 Å². The molecule has 0 atom stereocenters. The van der Waals surface area contributed by atoms with Gasteiger partial charge in [-0.05, 0) is 11.6 Å². The van der Waals surface area contributed by atoms with Crippen LogP contribution < -0.4 is 11.3 Å². The van der Waals surface area contributed by atoms with Crippen LogP contribution in [0.3, 0.4) is 0 Å². The van der Waals surface area contributed by atoms with Crippen LogP contribution >= 0.6 is 0 Å². The first-order valence-corrected chi connectivity index (χ1v) is 6.33. The van der Waals surface area contributed by atoms with Gasteiger partial charge in [0.25, 0.3) is 0 Å². The van der Waals surface area contributed by atoms with E-state index in [2.05, 4.69) is 15.6 Å². The molecule has 0 saturated carbocycles. The average molecular weight is 262 g/mol. The van der Waals surface area contributed by atoms with Crippen LogP contribution in [0.4, 0.5) is 5.82 Å². The van der Waals surface area contributed by atoms with Gasteiger partial charge in [-0.1, -0.05) is 60.7 Å². The molecule has 4 heteroatoms. The molecule has 0 aliphatic carbocycles. The van der Waals surface area contributed by atoms with Crippen LogP contribution in [-0.2, 0) is 0 Å². The van der Waals surface area contributed by atoms with Gasteiger partial charge in [0.15, 0.2) is 5.82 Å². The molecule has 0 aliphatic rings. The summed E-state index contributed by atoms with van der Waals surface area (Å²) in [5.74, 6) is 5.98. The Morgan fingerprint density at radius 2 is 1.35 bits per heavy atom. The largest absolute Gasteiger partial charge is 0.307 e. The fourth-order valence-corrected chi connectivity index (χ4v) is 2.11. The minimum atomic E-state index is 0.545. The maximum Gasteiger partial charge on any atom is 0.163 e. The van der Waals surface area contributed by atoms with Crippen LogP contribution in [0, 0.1) is 0 Å². The van der Waals surface area contributed by atoms with E-state index in [9.17, 15) is 0 Å². The molecule has 1 heterocycles. The lowest BCUT2D eigenvalue weighted by atomic mass is 10.00. The van der Waals surface area contributed by atoms with Gasteiger partial charge < -0.3 is 5.43 Å². The van der Waals surface area contributed by atoms with Crippen LogP contribution in [0.5, 0.6) is 0 Å². The molecule has 0 unspecified atom stereocenters. The Hall–Kier alpha value is -2.72. The fourth-order valence-electron chi connectivity index (χ4n) is 2.11. The molecule has 0 spiro atoms.